The molecule has 34 heavy (non-hydrogen) atoms. The van der Waals surface area contributed by atoms with Crippen LogP contribution in [0.15, 0.2) is 23.5 Å². The maximum absolute atomic E-state index is 13.8. The largest absolute Gasteiger partial charge is 0.457 e. The number of hydrogen-bond acceptors (Lipinski definition) is 9. The van der Waals surface area contributed by atoms with Crippen molar-refractivity contribution in [1.29, 1.82) is 0 Å². The number of halogens is 3. The highest BCUT2D eigenvalue weighted by Crippen LogP contribution is 2.40. The van der Waals surface area contributed by atoms with Gasteiger partial charge in [-0.25, -0.2) is 17.9 Å². The van der Waals surface area contributed by atoms with Crippen molar-refractivity contribution >= 4 is 12.2 Å². The lowest BCUT2D eigenvalue weighted by molar-refractivity contribution is -0.348. The molecule has 0 spiro atoms. The summed E-state index contributed by atoms with van der Waals surface area (Å²) in [5.41, 5.74) is 0.0229. The standard InChI is InChI=1S/C21H23F3N4O6/c1-10(29)32-19-15(4-5-25-30)33-16-9-31-21(2,3)34-20(16)18(19)28-8-14(26-27-28)11-6-12(22)17(24)13(23)7-11/h5-8,15-16,18-20,30H,4,9H2,1-3H3. The molecule has 0 amide bonds. The molecule has 5 unspecified atom stereocenters. The molecule has 0 saturated carbocycles. The third kappa shape index (κ3) is 4.76. The lowest BCUT2D eigenvalue weighted by Crippen LogP contribution is -2.62. The Hall–Kier alpha value is -3.03. The monoisotopic (exact) mass is 484 g/mol. The summed E-state index contributed by atoms with van der Waals surface area (Å²) in [6.07, 6.45) is -0.354. The Kier molecular flexibility index (Phi) is 6.60. The first-order chi connectivity index (χ1) is 16.1. The first-order valence-corrected chi connectivity index (χ1v) is 10.5. The molecule has 0 radical (unpaired) electrons. The second kappa shape index (κ2) is 9.31. The van der Waals surface area contributed by atoms with Crippen LogP contribution in [0.1, 0.15) is 33.2 Å². The van der Waals surface area contributed by atoms with Gasteiger partial charge in [0.25, 0.3) is 0 Å². The molecule has 13 heteroatoms. The number of nitrogens with zero attached hydrogens (tertiary/aromatic N) is 4. The number of carbonyl (C=O) groups is 1. The molecule has 1 aromatic carbocycles. The van der Waals surface area contributed by atoms with E-state index in [9.17, 15) is 18.0 Å². The zero-order chi connectivity index (χ0) is 24.6. The number of esters is 1. The minimum atomic E-state index is -1.59. The van der Waals surface area contributed by atoms with Gasteiger partial charge in [0.1, 0.15) is 30.0 Å². The normalized spacial score (nSPS) is 28.6. The molecule has 184 valence electrons. The van der Waals surface area contributed by atoms with E-state index in [0.29, 0.717) is 0 Å². The molecular formula is C21H23F3N4O6. The third-order valence-electron chi connectivity index (χ3n) is 5.59. The number of benzene rings is 1. The van der Waals surface area contributed by atoms with Crippen LogP contribution in [0.2, 0.25) is 0 Å². The highest BCUT2D eigenvalue weighted by molar-refractivity contribution is 5.66. The van der Waals surface area contributed by atoms with Crippen molar-refractivity contribution in [1.82, 2.24) is 15.0 Å². The molecule has 5 atom stereocenters. The second-order valence-electron chi connectivity index (χ2n) is 8.44. The SMILES string of the molecule is CC(=O)OC1C(CC=NO)OC2COC(C)(C)OC2C1n1cc(-c2cc(F)c(F)c(F)c2)nn1. The summed E-state index contributed by atoms with van der Waals surface area (Å²) < 4.78 is 65.7. The molecule has 0 bridgehead atoms. The van der Waals surface area contributed by atoms with E-state index in [1.54, 1.807) is 13.8 Å². The molecule has 2 fully saturated rings. The summed E-state index contributed by atoms with van der Waals surface area (Å²) in [6, 6.07) is 0.814. The third-order valence-corrected chi connectivity index (χ3v) is 5.59. The van der Waals surface area contributed by atoms with Crippen LogP contribution in [0.5, 0.6) is 0 Å². The van der Waals surface area contributed by atoms with E-state index in [0.717, 1.165) is 12.1 Å². The molecule has 4 rings (SSSR count). The van der Waals surface area contributed by atoms with Gasteiger partial charge in [-0.05, 0) is 26.0 Å². The highest BCUT2D eigenvalue weighted by atomic mass is 19.2. The first kappa shape index (κ1) is 24.1. The average Bonchev–Trinajstić information content (AvgIpc) is 3.24. The quantitative estimate of drug-likeness (QED) is 0.226. The Morgan fingerprint density at radius 3 is 2.71 bits per heavy atom. The zero-order valence-corrected chi connectivity index (χ0v) is 18.5. The number of fused-ring (bicyclic) bond motifs is 1. The fourth-order valence-electron chi connectivity index (χ4n) is 4.17. The summed E-state index contributed by atoms with van der Waals surface area (Å²) in [5, 5.41) is 19.9. The van der Waals surface area contributed by atoms with Gasteiger partial charge in [-0.3, -0.25) is 4.79 Å². The van der Waals surface area contributed by atoms with E-state index in [-0.39, 0.29) is 24.3 Å². The number of aromatic nitrogens is 3. The smallest absolute Gasteiger partial charge is 0.303 e. The van der Waals surface area contributed by atoms with Crippen LogP contribution in [0, 0.1) is 17.5 Å². The van der Waals surface area contributed by atoms with Crippen molar-refractivity contribution in [3.8, 4) is 11.3 Å². The van der Waals surface area contributed by atoms with Crippen LogP contribution >= 0.6 is 0 Å². The number of rotatable bonds is 5. The van der Waals surface area contributed by atoms with Gasteiger partial charge in [0.2, 0.25) is 0 Å². The van der Waals surface area contributed by atoms with E-state index in [2.05, 4.69) is 15.5 Å². The van der Waals surface area contributed by atoms with Crippen LogP contribution in [0.4, 0.5) is 13.2 Å². The average molecular weight is 484 g/mol. The van der Waals surface area contributed by atoms with Crippen LogP contribution in [0.25, 0.3) is 11.3 Å². The van der Waals surface area contributed by atoms with Crippen molar-refractivity contribution in [2.45, 2.75) is 63.4 Å². The summed E-state index contributed by atoms with van der Waals surface area (Å²) in [6.45, 7) is 4.81. The fraction of sp³-hybridized carbons (Fsp3) is 0.524. The Morgan fingerprint density at radius 1 is 1.35 bits per heavy atom. The van der Waals surface area contributed by atoms with Crippen LogP contribution < -0.4 is 0 Å². The molecule has 0 aliphatic carbocycles. The van der Waals surface area contributed by atoms with Crippen LogP contribution in [0.3, 0.4) is 0 Å². The molecule has 2 aromatic rings. The minimum absolute atomic E-state index is 0.0347. The number of hydrogen-bond donors (Lipinski definition) is 1. The lowest BCUT2D eigenvalue weighted by Gasteiger charge is -2.50. The highest BCUT2D eigenvalue weighted by Gasteiger charge is 2.53. The van der Waals surface area contributed by atoms with Gasteiger partial charge in [0, 0.05) is 25.1 Å². The van der Waals surface area contributed by atoms with Gasteiger partial charge in [-0.1, -0.05) is 5.21 Å². The topological polar surface area (TPSA) is 117 Å². The van der Waals surface area contributed by atoms with E-state index < -0.39 is 59.7 Å². The van der Waals surface area contributed by atoms with Gasteiger partial charge >= 0.3 is 5.97 Å². The van der Waals surface area contributed by atoms with E-state index >= 15 is 0 Å². The van der Waals surface area contributed by atoms with Crippen molar-refractivity contribution < 1.29 is 42.1 Å². The molecule has 10 nitrogen and oxygen atoms in total. The summed E-state index contributed by atoms with van der Waals surface area (Å²) in [5.74, 6) is -5.92. The number of ether oxygens (including phenoxy) is 4. The molecule has 2 aliphatic rings. The van der Waals surface area contributed by atoms with Gasteiger partial charge in [0.15, 0.2) is 29.3 Å². The van der Waals surface area contributed by atoms with Gasteiger partial charge < -0.3 is 24.2 Å². The second-order valence-corrected chi connectivity index (χ2v) is 8.44. The Morgan fingerprint density at radius 2 is 2.06 bits per heavy atom. The Labute approximate surface area is 192 Å². The summed E-state index contributed by atoms with van der Waals surface area (Å²) in [7, 11) is 0. The maximum Gasteiger partial charge on any atom is 0.303 e. The molecule has 1 N–H and O–H groups in total. The van der Waals surface area contributed by atoms with E-state index in [1.165, 1.54) is 24.0 Å². The van der Waals surface area contributed by atoms with E-state index in [4.69, 9.17) is 24.2 Å². The predicted molar refractivity (Wildman–Crippen MR) is 108 cm³/mol. The molecule has 2 aliphatic heterocycles. The van der Waals surface area contributed by atoms with E-state index in [1.807, 2.05) is 0 Å². The van der Waals surface area contributed by atoms with Gasteiger partial charge in [0.05, 0.1) is 12.8 Å². The fourth-order valence-corrected chi connectivity index (χ4v) is 4.17. The van der Waals surface area contributed by atoms with Crippen LogP contribution in [-0.2, 0) is 23.7 Å². The van der Waals surface area contributed by atoms with Crippen molar-refractivity contribution in [2.75, 3.05) is 6.61 Å². The molecule has 3 heterocycles. The molecule has 1 aromatic heterocycles. The predicted octanol–water partition coefficient (Wildman–Crippen LogP) is 2.60. The molecule has 2 saturated heterocycles. The van der Waals surface area contributed by atoms with Crippen molar-refractivity contribution in [2.24, 2.45) is 5.16 Å². The van der Waals surface area contributed by atoms with Crippen molar-refractivity contribution in [3.05, 3.63) is 35.8 Å². The lowest BCUT2D eigenvalue weighted by atomic mass is 9.90. The Balaban J connectivity index is 1.76. The van der Waals surface area contributed by atoms with Crippen molar-refractivity contribution in [3.63, 3.8) is 0 Å². The maximum atomic E-state index is 13.8. The first-order valence-electron chi connectivity index (χ1n) is 10.5. The number of carbonyl (C=O) groups excluding carboxylic acids is 1. The minimum Gasteiger partial charge on any atom is -0.457 e. The van der Waals surface area contributed by atoms with Gasteiger partial charge in [-0.2, -0.15) is 0 Å². The number of oxime groups is 1. The van der Waals surface area contributed by atoms with Crippen LogP contribution in [-0.4, -0.2) is 69.2 Å². The summed E-state index contributed by atoms with van der Waals surface area (Å²) >= 11 is 0. The Bertz CT molecular complexity index is 1070. The zero-order valence-electron chi connectivity index (χ0n) is 18.5. The summed E-state index contributed by atoms with van der Waals surface area (Å²) in [4.78, 5) is 11.9. The molecular weight excluding hydrogens is 461 g/mol. The van der Waals surface area contributed by atoms with Gasteiger partial charge in [-0.15, -0.1) is 10.3 Å².